The fraction of sp³-hybridized carbons (Fsp3) is 0.263. The Bertz CT molecular complexity index is 762. The molecule has 0 aliphatic carbocycles. The van der Waals surface area contributed by atoms with E-state index in [1.54, 1.807) is 18.2 Å². The van der Waals surface area contributed by atoms with Gasteiger partial charge in [-0.25, -0.2) is 0 Å². The van der Waals surface area contributed by atoms with Crippen LogP contribution in [0.5, 0.6) is 17.2 Å². The molecule has 136 valence electrons. The summed E-state index contributed by atoms with van der Waals surface area (Å²) < 4.78 is 20.9. The van der Waals surface area contributed by atoms with Crippen molar-refractivity contribution in [3.05, 3.63) is 48.5 Å². The summed E-state index contributed by atoms with van der Waals surface area (Å²) in [4.78, 5) is 23.5. The summed E-state index contributed by atoms with van der Waals surface area (Å²) in [6.45, 7) is 0.230. The van der Waals surface area contributed by atoms with Crippen LogP contribution >= 0.6 is 0 Å². The highest BCUT2D eigenvalue weighted by molar-refractivity contribution is 5.93. The first-order chi connectivity index (χ1) is 12.7. The lowest BCUT2D eigenvalue weighted by molar-refractivity contribution is -0.147. The number of para-hydroxylation sites is 1. The molecule has 7 nitrogen and oxygen atoms in total. The van der Waals surface area contributed by atoms with E-state index in [1.807, 2.05) is 30.3 Å². The molecule has 1 aliphatic rings. The third-order valence-electron chi connectivity index (χ3n) is 3.56. The maximum atomic E-state index is 11.8. The average Bonchev–Trinajstić information content (AvgIpc) is 3.12. The standard InChI is InChI=1S/C19H19NO6/c21-18(20-14-8-9-16-17(11-14)26-13-25-16)12-24-19(22)7-4-10-23-15-5-2-1-3-6-15/h1-3,5-6,8-9,11H,4,7,10,12-13H2,(H,20,21). The normalized spacial score (nSPS) is 11.7. The van der Waals surface area contributed by atoms with Crippen LogP contribution in [-0.4, -0.2) is 31.9 Å². The number of esters is 1. The minimum atomic E-state index is -0.442. The van der Waals surface area contributed by atoms with Crippen LogP contribution < -0.4 is 19.5 Å². The highest BCUT2D eigenvalue weighted by Crippen LogP contribution is 2.34. The Morgan fingerprint density at radius 3 is 2.69 bits per heavy atom. The van der Waals surface area contributed by atoms with Gasteiger partial charge in [-0.3, -0.25) is 9.59 Å². The van der Waals surface area contributed by atoms with E-state index in [0.29, 0.717) is 30.2 Å². The molecule has 1 N–H and O–H groups in total. The monoisotopic (exact) mass is 357 g/mol. The number of rotatable bonds is 8. The summed E-state index contributed by atoms with van der Waals surface area (Å²) in [6.07, 6.45) is 0.696. The number of benzene rings is 2. The van der Waals surface area contributed by atoms with Crippen LogP contribution in [0.2, 0.25) is 0 Å². The number of nitrogens with one attached hydrogen (secondary N) is 1. The molecule has 2 aromatic carbocycles. The number of hydrogen-bond acceptors (Lipinski definition) is 6. The Labute approximate surface area is 150 Å². The van der Waals surface area contributed by atoms with Gasteiger partial charge >= 0.3 is 5.97 Å². The fourth-order valence-corrected chi connectivity index (χ4v) is 2.31. The summed E-state index contributed by atoms with van der Waals surface area (Å²) in [5.74, 6) is 1.09. The molecule has 1 heterocycles. The van der Waals surface area contributed by atoms with Gasteiger partial charge < -0.3 is 24.3 Å². The molecule has 1 amide bonds. The van der Waals surface area contributed by atoms with Crippen molar-refractivity contribution in [1.82, 2.24) is 0 Å². The summed E-state index contributed by atoms with van der Waals surface area (Å²) in [5.41, 5.74) is 0.548. The van der Waals surface area contributed by atoms with Crippen molar-refractivity contribution in [3.8, 4) is 17.2 Å². The van der Waals surface area contributed by atoms with Gasteiger partial charge in [0.05, 0.1) is 6.61 Å². The summed E-state index contributed by atoms with van der Waals surface area (Å²) >= 11 is 0. The van der Waals surface area contributed by atoms with Crippen molar-refractivity contribution in [1.29, 1.82) is 0 Å². The molecule has 3 rings (SSSR count). The van der Waals surface area contributed by atoms with Gasteiger partial charge in [-0.1, -0.05) is 18.2 Å². The molecule has 0 atom stereocenters. The van der Waals surface area contributed by atoms with E-state index in [-0.39, 0.29) is 19.8 Å². The Balaban J connectivity index is 1.32. The van der Waals surface area contributed by atoms with E-state index >= 15 is 0 Å². The van der Waals surface area contributed by atoms with E-state index in [1.165, 1.54) is 0 Å². The van der Waals surface area contributed by atoms with Crippen LogP contribution in [0.3, 0.4) is 0 Å². The lowest BCUT2D eigenvalue weighted by Crippen LogP contribution is -2.21. The molecule has 26 heavy (non-hydrogen) atoms. The second-order valence-electron chi connectivity index (χ2n) is 5.54. The molecule has 0 spiro atoms. The van der Waals surface area contributed by atoms with Crippen LogP contribution in [-0.2, 0) is 14.3 Å². The Morgan fingerprint density at radius 2 is 1.85 bits per heavy atom. The lowest BCUT2D eigenvalue weighted by Gasteiger charge is -2.08. The van der Waals surface area contributed by atoms with E-state index < -0.39 is 11.9 Å². The maximum absolute atomic E-state index is 11.8. The second-order valence-corrected chi connectivity index (χ2v) is 5.54. The average molecular weight is 357 g/mol. The number of fused-ring (bicyclic) bond motifs is 1. The van der Waals surface area contributed by atoms with Crippen LogP contribution in [0.4, 0.5) is 5.69 Å². The van der Waals surface area contributed by atoms with Gasteiger partial charge in [-0.05, 0) is 30.7 Å². The topological polar surface area (TPSA) is 83.1 Å². The molecule has 2 aromatic rings. The zero-order valence-electron chi connectivity index (χ0n) is 14.1. The van der Waals surface area contributed by atoms with Crippen LogP contribution in [0.1, 0.15) is 12.8 Å². The van der Waals surface area contributed by atoms with Gasteiger partial charge in [0.15, 0.2) is 18.1 Å². The minimum Gasteiger partial charge on any atom is -0.494 e. The Morgan fingerprint density at radius 1 is 1.04 bits per heavy atom. The Kier molecular flexibility index (Phi) is 5.92. The van der Waals surface area contributed by atoms with E-state index in [9.17, 15) is 9.59 Å². The predicted octanol–water partition coefficient (Wildman–Crippen LogP) is 2.76. The first-order valence-corrected chi connectivity index (χ1v) is 8.24. The van der Waals surface area contributed by atoms with Crippen LogP contribution in [0.25, 0.3) is 0 Å². The quantitative estimate of drug-likeness (QED) is 0.578. The summed E-state index contributed by atoms with van der Waals surface area (Å²) in [7, 11) is 0. The van der Waals surface area contributed by atoms with E-state index in [2.05, 4.69) is 5.32 Å². The predicted molar refractivity (Wildman–Crippen MR) is 93.3 cm³/mol. The van der Waals surface area contributed by atoms with Crippen LogP contribution in [0.15, 0.2) is 48.5 Å². The smallest absolute Gasteiger partial charge is 0.306 e. The first-order valence-electron chi connectivity index (χ1n) is 8.24. The van der Waals surface area contributed by atoms with Crippen molar-refractivity contribution in [3.63, 3.8) is 0 Å². The number of hydrogen-bond donors (Lipinski definition) is 1. The minimum absolute atomic E-state index is 0.165. The molecule has 0 bridgehead atoms. The van der Waals surface area contributed by atoms with Crippen molar-refractivity contribution in [2.45, 2.75) is 12.8 Å². The fourth-order valence-electron chi connectivity index (χ4n) is 2.31. The molecular formula is C19H19NO6. The largest absolute Gasteiger partial charge is 0.494 e. The molecule has 0 saturated carbocycles. The zero-order chi connectivity index (χ0) is 18.2. The molecule has 0 aromatic heterocycles. The zero-order valence-corrected chi connectivity index (χ0v) is 14.1. The van der Waals surface area contributed by atoms with Gasteiger partial charge in [-0.15, -0.1) is 0 Å². The van der Waals surface area contributed by atoms with Gasteiger partial charge in [0, 0.05) is 18.2 Å². The van der Waals surface area contributed by atoms with E-state index in [4.69, 9.17) is 18.9 Å². The first kappa shape index (κ1) is 17.6. The maximum Gasteiger partial charge on any atom is 0.306 e. The number of amides is 1. The van der Waals surface area contributed by atoms with E-state index in [0.717, 1.165) is 5.75 Å². The van der Waals surface area contributed by atoms with Crippen molar-refractivity contribution in [2.75, 3.05) is 25.3 Å². The molecule has 0 unspecified atom stereocenters. The Hall–Kier alpha value is -3.22. The molecular weight excluding hydrogens is 338 g/mol. The highest BCUT2D eigenvalue weighted by atomic mass is 16.7. The van der Waals surface area contributed by atoms with Gasteiger partial charge in [0.1, 0.15) is 5.75 Å². The third-order valence-corrected chi connectivity index (χ3v) is 3.56. The molecule has 7 heteroatoms. The number of anilines is 1. The van der Waals surface area contributed by atoms with Gasteiger partial charge in [-0.2, -0.15) is 0 Å². The summed E-state index contributed by atoms with van der Waals surface area (Å²) in [5, 5.41) is 2.64. The van der Waals surface area contributed by atoms with Crippen molar-refractivity contribution in [2.24, 2.45) is 0 Å². The van der Waals surface area contributed by atoms with Crippen molar-refractivity contribution >= 4 is 17.6 Å². The molecule has 1 aliphatic heterocycles. The number of carbonyl (C=O) groups is 2. The SMILES string of the molecule is O=C(COC(=O)CCCOc1ccccc1)Nc1ccc2c(c1)OCO2. The van der Waals surface area contributed by atoms with Crippen molar-refractivity contribution < 1.29 is 28.5 Å². The molecule has 0 fully saturated rings. The number of ether oxygens (including phenoxy) is 4. The number of carbonyl (C=O) groups excluding carboxylic acids is 2. The van der Waals surface area contributed by atoms with Crippen LogP contribution in [0, 0.1) is 0 Å². The van der Waals surface area contributed by atoms with Gasteiger partial charge in [0.25, 0.3) is 5.91 Å². The second kappa shape index (κ2) is 8.75. The third kappa shape index (κ3) is 5.14. The summed E-state index contributed by atoms with van der Waals surface area (Å²) in [6, 6.07) is 14.4. The highest BCUT2D eigenvalue weighted by Gasteiger charge is 2.14. The molecule has 0 saturated heterocycles. The lowest BCUT2D eigenvalue weighted by atomic mass is 10.3. The van der Waals surface area contributed by atoms with Gasteiger partial charge in [0.2, 0.25) is 6.79 Å². The molecule has 0 radical (unpaired) electrons.